The molecule has 0 atom stereocenters. The van der Waals surface area contributed by atoms with Gasteiger partial charge in [0, 0.05) is 17.8 Å². The van der Waals surface area contributed by atoms with Crippen LogP contribution in [0.25, 0.3) is 0 Å². The Balaban J connectivity index is 2.06. The summed E-state index contributed by atoms with van der Waals surface area (Å²) in [5, 5.41) is 17.8. The molecule has 3 N–H and O–H groups in total. The maximum Gasteiger partial charge on any atom is 0.267 e. The molecule has 0 radical (unpaired) electrons. The summed E-state index contributed by atoms with van der Waals surface area (Å²) >= 11 is 0. The molecule has 132 valence electrons. The maximum atomic E-state index is 12.4. The van der Waals surface area contributed by atoms with Crippen LogP contribution < -0.4 is 16.0 Å². The number of anilines is 1. The molecule has 0 aliphatic carbocycles. The number of hydrogen-bond donors (Lipinski definition) is 3. The summed E-state index contributed by atoms with van der Waals surface area (Å²) in [6.07, 6.45) is 2.73. The van der Waals surface area contributed by atoms with Crippen LogP contribution in [-0.4, -0.2) is 24.9 Å². The van der Waals surface area contributed by atoms with Gasteiger partial charge in [-0.25, -0.2) is 0 Å². The second kappa shape index (κ2) is 8.45. The molecule has 1 aromatic carbocycles. The number of carbonyl (C=O) groups is 2. The van der Waals surface area contributed by atoms with Crippen LogP contribution in [0.4, 0.5) is 5.69 Å². The smallest absolute Gasteiger partial charge is 0.267 e. The number of carbonyl (C=O) groups excluding carboxylic acids is 2. The minimum absolute atomic E-state index is 0.0814. The van der Waals surface area contributed by atoms with E-state index >= 15 is 0 Å². The fraction of sp³-hybridized carbons (Fsp3) is 0.421. The van der Waals surface area contributed by atoms with Crippen molar-refractivity contribution in [3.8, 4) is 6.07 Å². The van der Waals surface area contributed by atoms with Gasteiger partial charge < -0.3 is 16.0 Å². The average molecular weight is 340 g/mol. The van der Waals surface area contributed by atoms with Gasteiger partial charge in [-0.15, -0.1) is 0 Å². The van der Waals surface area contributed by atoms with Crippen molar-refractivity contribution in [2.45, 2.75) is 33.6 Å². The Bertz CT molecular complexity index is 717. The van der Waals surface area contributed by atoms with Gasteiger partial charge in [-0.1, -0.05) is 17.7 Å². The van der Waals surface area contributed by atoms with Crippen LogP contribution in [0.1, 0.15) is 29.5 Å². The molecule has 2 rings (SSSR count). The molecule has 1 fully saturated rings. The first kappa shape index (κ1) is 18.7. The van der Waals surface area contributed by atoms with Crippen molar-refractivity contribution in [3.05, 3.63) is 40.6 Å². The molecular weight excluding hydrogens is 316 g/mol. The molecule has 6 nitrogen and oxygen atoms in total. The van der Waals surface area contributed by atoms with E-state index in [0.717, 1.165) is 42.6 Å². The highest BCUT2D eigenvalue weighted by Crippen LogP contribution is 2.22. The van der Waals surface area contributed by atoms with E-state index in [9.17, 15) is 14.9 Å². The van der Waals surface area contributed by atoms with Crippen molar-refractivity contribution in [2.75, 3.05) is 18.4 Å². The molecule has 0 saturated carbocycles. The van der Waals surface area contributed by atoms with Crippen molar-refractivity contribution in [3.63, 3.8) is 0 Å². The number of amides is 2. The highest BCUT2D eigenvalue weighted by atomic mass is 16.2. The Morgan fingerprint density at radius 2 is 1.80 bits per heavy atom. The quantitative estimate of drug-likeness (QED) is 0.578. The van der Waals surface area contributed by atoms with Gasteiger partial charge in [-0.05, 0) is 57.8 Å². The van der Waals surface area contributed by atoms with Crippen LogP contribution in [0.2, 0.25) is 0 Å². The van der Waals surface area contributed by atoms with Gasteiger partial charge in [0.05, 0.1) is 0 Å². The molecule has 1 heterocycles. The lowest BCUT2D eigenvalue weighted by Gasteiger charge is -2.20. The van der Waals surface area contributed by atoms with E-state index in [0.29, 0.717) is 5.69 Å². The van der Waals surface area contributed by atoms with Gasteiger partial charge >= 0.3 is 0 Å². The van der Waals surface area contributed by atoms with Crippen LogP contribution >= 0.6 is 0 Å². The van der Waals surface area contributed by atoms with Crippen LogP contribution in [0.3, 0.4) is 0 Å². The van der Waals surface area contributed by atoms with Crippen molar-refractivity contribution in [1.82, 2.24) is 10.6 Å². The normalized spacial score (nSPS) is 15.4. The lowest BCUT2D eigenvalue weighted by molar-refractivity contribution is -0.124. The van der Waals surface area contributed by atoms with E-state index < -0.39 is 5.91 Å². The second-order valence-electron chi connectivity index (χ2n) is 6.43. The molecule has 25 heavy (non-hydrogen) atoms. The highest BCUT2D eigenvalue weighted by Gasteiger charge is 2.20. The van der Waals surface area contributed by atoms with E-state index in [1.807, 2.05) is 39.0 Å². The maximum absolute atomic E-state index is 12.4. The van der Waals surface area contributed by atoms with Gasteiger partial charge in [-0.3, -0.25) is 9.59 Å². The van der Waals surface area contributed by atoms with Crippen LogP contribution in [0.5, 0.6) is 0 Å². The summed E-state index contributed by atoms with van der Waals surface area (Å²) in [6, 6.07) is 5.79. The Morgan fingerprint density at radius 3 is 2.36 bits per heavy atom. The Labute approximate surface area is 148 Å². The molecule has 2 amide bonds. The summed E-state index contributed by atoms with van der Waals surface area (Å²) < 4.78 is 0. The minimum atomic E-state index is -0.525. The van der Waals surface area contributed by atoms with E-state index in [1.54, 1.807) is 0 Å². The van der Waals surface area contributed by atoms with Crippen molar-refractivity contribution in [2.24, 2.45) is 5.92 Å². The zero-order chi connectivity index (χ0) is 18.4. The van der Waals surface area contributed by atoms with E-state index in [4.69, 9.17) is 0 Å². The molecule has 0 aromatic heterocycles. The minimum Gasteiger partial charge on any atom is -0.331 e. The van der Waals surface area contributed by atoms with E-state index in [2.05, 4.69) is 16.0 Å². The molecule has 1 saturated heterocycles. The molecule has 0 bridgehead atoms. The number of rotatable bonds is 4. The van der Waals surface area contributed by atoms with Crippen molar-refractivity contribution < 1.29 is 9.59 Å². The standard InChI is InChI=1S/C19H24N4O2/c1-12-8-13(2)17(14(3)9-12)23-19(25)16(10-20)11-22-18(24)15-4-6-21-7-5-15/h8-9,11,15,21H,4-7H2,1-3H3,(H,22,24)(H,23,25)/b16-11-. The SMILES string of the molecule is Cc1cc(C)c(NC(=O)/C(C#N)=C\NC(=O)C2CCNCC2)c(C)c1. The highest BCUT2D eigenvalue weighted by molar-refractivity contribution is 6.07. The topological polar surface area (TPSA) is 94.0 Å². The summed E-state index contributed by atoms with van der Waals surface area (Å²) in [4.78, 5) is 24.5. The zero-order valence-electron chi connectivity index (χ0n) is 14.9. The van der Waals surface area contributed by atoms with Crippen LogP contribution in [0.15, 0.2) is 23.9 Å². The number of nitrogens with one attached hydrogen (secondary N) is 3. The average Bonchev–Trinajstić information content (AvgIpc) is 2.59. The van der Waals surface area contributed by atoms with Gasteiger partial charge in [0.2, 0.25) is 5.91 Å². The number of benzene rings is 1. The Kier molecular flexibility index (Phi) is 6.31. The lowest BCUT2D eigenvalue weighted by Crippen LogP contribution is -2.36. The lowest BCUT2D eigenvalue weighted by atomic mass is 9.97. The molecule has 1 aliphatic rings. The predicted octanol–water partition coefficient (Wildman–Crippen LogP) is 2.07. The number of nitrogens with zero attached hydrogens (tertiary/aromatic N) is 1. The zero-order valence-corrected chi connectivity index (χ0v) is 14.9. The van der Waals surface area contributed by atoms with Crippen LogP contribution in [-0.2, 0) is 9.59 Å². The third-order valence-electron chi connectivity index (χ3n) is 4.35. The molecule has 1 aromatic rings. The van der Waals surface area contributed by atoms with Crippen LogP contribution in [0, 0.1) is 38.0 Å². The largest absolute Gasteiger partial charge is 0.331 e. The monoisotopic (exact) mass is 340 g/mol. The van der Waals surface area contributed by atoms with Gasteiger partial charge in [0.15, 0.2) is 0 Å². The molecule has 6 heteroatoms. The Hall–Kier alpha value is -2.65. The first-order valence-electron chi connectivity index (χ1n) is 8.43. The van der Waals surface area contributed by atoms with Gasteiger partial charge in [0.1, 0.15) is 11.6 Å². The predicted molar refractivity (Wildman–Crippen MR) is 96.7 cm³/mol. The van der Waals surface area contributed by atoms with Crippen molar-refractivity contribution in [1.29, 1.82) is 5.26 Å². The third kappa shape index (κ3) is 4.91. The van der Waals surface area contributed by atoms with Crippen molar-refractivity contribution >= 4 is 17.5 Å². The molecule has 0 spiro atoms. The van der Waals surface area contributed by atoms with E-state index in [-0.39, 0.29) is 17.4 Å². The molecule has 1 aliphatic heterocycles. The molecule has 0 unspecified atom stereocenters. The van der Waals surface area contributed by atoms with E-state index in [1.165, 1.54) is 6.20 Å². The summed E-state index contributed by atoms with van der Waals surface area (Å²) in [5.74, 6) is -0.755. The second-order valence-corrected chi connectivity index (χ2v) is 6.43. The fourth-order valence-electron chi connectivity index (χ4n) is 3.05. The summed E-state index contributed by atoms with van der Waals surface area (Å²) in [5.41, 5.74) is 3.55. The number of nitriles is 1. The number of hydrogen-bond acceptors (Lipinski definition) is 4. The first-order chi connectivity index (χ1) is 11.9. The van der Waals surface area contributed by atoms with Gasteiger partial charge in [-0.2, -0.15) is 5.26 Å². The molecular formula is C19H24N4O2. The summed E-state index contributed by atoms with van der Waals surface area (Å²) in [7, 11) is 0. The Morgan fingerprint density at radius 1 is 1.20 bits per heavy atom. The number of aryl methyl sites for hydroxylation is 3. The van der Waals surface area contributed by atoms with Gasteiger partial charge in [0.25, 0.3) is 5.91 Å². The fourth-order valence-corrected chi connectivity index (χ4v) is 3.05. The third-order valence-corrected chi connectivity index (χ3v) is 4.35. The number of piperidine rings is 1. The first-order valence-corrected chi connectivity index (χ1v) is 8.43. The summed E-state index contributed by atoms with van der Waals surface area (Å²) in [6.45, 7) is 7.41.